The number of amides is 1. The minimum absolute atomic E-state index is 0.114. The Morgan fingerprint density at radius 2 is 1.82 bits per heavy atom. The Balaban J connectivity index is 2.14. The van der Waals surface area contributed by atoms with Crippen molar-refractivity contribution in [2.75, 3.05) is 34.6 Å². The van der Waals surface area contributed by atoms with Crippen LogP contribution in [0.3, 0.4) is 0 Å². The number of halogens is 3. The molecule has 0 unspecified atom stereocenters. The number of carbonyl (C=O) groups is 1. The third-order valence-electron chi connectivity index (χ3n) is 2.96. The molecule has 1 aliphatic rings. The van der Waals surface area contributed by atoms with Crippen LogP contribution in [0, 0.1) is 0 Å². The van der Waals surface area contributed by atoms with Crippen molar-refractivity contribution < 1.29 is 31.1 Å². The van der Waals surface area contributed by atoms with Gasteiger partial charge in [-0.3, -0.25) is 13.9 Å². The molecule has 0 radical (unpaired) electrons. The van der Waals surface area contributed by atoms with E-state index in [-0.39, 0.29) is 11.4 Å². The predicted molar refractivity (Wildman–Crippen MR) is 73.2 cm³/mol. The van der Waals surface area contributed by atoms with E-state index in [1.165, 1.54) is 32.3 Å². The van der Waals surface area contributed by atoms with E-state index in [1.54, 1.807) is 0 Å². The van der Waals surface area contributed by atoms with E-state index in [4.69, 9.17) is 0 Å². The van der Waals surface area contributed by atoms with Gasteiger partial charge >= 0.3 is 22.5 Å². The first kappa shape index (κ1) is 16.2. The molecule has 0 saturated heterocycles. The van der Waals surface area contributed by atoms with Gasteiger partial charge < -0.3 is 4.74 Å². The second-order valence-electron chi connectivity index (χ2n) is 4.46. The molecule has 0 atom stereocenters. The summed E-state index contributed by atoms with van der Waals surface area (Å²) in [5, 5.41) is 2.11. The molecule has 0 fully saturated rings. The summed E-state index contributed by atoms with van der Waals surface area (Å²) in [6.45, 7) is -1.71. The van der Waals surface area contributed by atoms with Crippen molar-refractivity contribution in [2.24, 2.45) is 0 Å². The van der Waals surface area contributed by atoms with E-state index >= 15 is 0 Å². The van der Waals surface area contributed by atoms with Crippen LogP contribution in [0.4, 0.5) is 35.0 Å². The maximum atomic E-state index is 11.9. The Morgan fingerprint density at radius 3 is 2.41 bits per heavy atom. The van der Waals surface area contributed by atoms with Crippen LogP contribution in [-0.2, 0) is 14.9 Å². The summed E-state index contributed by atoms with van der Waals surface area (Å²) < 4.78 is 65.7. The molecule has 1 amide bonds. The van der Waals surface area contributed by atoms with E-state index in [9.17, 15) is 26.4 Å². The van der Waals surface area contributed by atoms with E-state index in [2.05, 4.69) is 10.1 Å². The highest BCUT2D eigenvalue weighted by atomic mass is 32.2. The average molecular weight is 339 g/mol. The fourth-order valence-electron chi connectivity index (χ4n) is 1.85. The van der Waals surface area contributed by atoms with Crippen molar-refractivity contribution in [1.29, 1.82) is 0 Å². The quantitative estimate of drug-likeness (QED) is 0.893. The van der Waals surface area contributed by atoms with Gasteiger partial charge in [0.2, 0.25) is 0 Å². The molecule has 122 valence electrons. The van der Waals surface area contributed by atoms with Crippen LogP contribution >= 0.6 is 0 Å². The molecule has 1 aromatic carbocycles. The monoisotopic (exact) mass is 339 g/mol. The summed E-state index contributed by atoms with van der Waals surface area (Å²) in [7, 11) is -0.977. The van der Waals surface area contributed by atoms with Crippen molar-refractivity contribution >= 4 is 33.4 Å². The number of hydrogen-bond donors (Lipinski definition) is 1. The first-order valence-corrected chi connectivity index (χ1v) is 7.29. The molecule has 2 rings (SSSR count). The molecule has 1 aromatic rings. The summed E-state index contributed by atoms with van der Waals surface area (Å²) in [5.74, 6) is 0. The van der Waals surface area contributed by atoms with Crippen LogP contribution in [0.15, 0.2) is 18.2 Å². The van der Waals surface area contributed by atoms with Crippen LogP contribution in [0.2, 0.25) is 0 Å². The summed E-state index contributed by atoms with van der Waals surface area (Å²) in [5.41, 5.74) is 0.788. The SMILES string of the molecule is CN1c2ccc(NC(=O)OCC(F)(F)F)cc2N(C)S1(=O)=O. The number of fused-ring (bicyclic) bond motifs is 1. The second kappa shape index (κ2) is 5.23. The Bertz CT molecular complexity index is 705. The maximum Gasteiger partial charge on any atom is 0.422 e. The number of carbonyl (C=O) groups excluding carboxylic acids is 1. The first-order valence-electron chi connectivity index (χ1n) is 5.90. The minimum atomic E-state index is -4.62. The summed E-state index contributed by atoms with van der Waals surface area (Å²) in [4.78, 5) is 11.3. The van der Waals surface area contributed by atoms with Gasteiger partial charge in [-0.25, -0.2) is 4.79 Å². The zero-order chi connectivity index (χ0) is 16.7. The van der Waals surface area contributed by atoms with Crippen molar-refractivity contribution in [3.63, 3.8) is 0 Å². The number of hydrogen-bond acceptors (Lipinski definition) is 4. The highest BCUT2D eigenvalue weighted by Gasteiger charge is 2.35. The van der Waals surface area contributed by atoms with Gasteiger partial charge in [-0.2, -0.15) is 21.6 Å². The maximum absolute atomic E-state index is 11.9. The fourth-order valence-corrected chi connectivity index (χ4v) is 3.02. The lowest BCUT2D eigenvalue weighted by atomic mass is 10.2. The molecule has 0 bridgehead atoms. The predicted octanol–water partition coefficient (Wildman–Crippen LogP) is 1.93. The number of nitrogens with one attached hydrogen (secondary N) is 1. The topological polar surface area (TPSA) is 79.0 Å². The smallest absolute Gasteiger partial charge is 0.422 e. The van der Waals surface area contributed by atoms with Crippen LogP contribution in [-0.4, -0.2) is 41.4 Å². The fraction of sp³-hybridized carbons (Fsp3) is 0.364. The summed E-state index contributed by atoms with van der Waals surface area (Å²) in [6.07, 6.45) is -5.90. The van der Waals surface area contributed by atoms with Crippen molar-refractivity contribution in [2.45, 2.75) is 6.18 Å². The Labute approximate surface area is 124 Å². The number of rotatable bonds is 2. The number of alkyl halides is 3. The second-order valence-corrected chi connectivity index (χ2v) is 6.45. The molecule has 0 aliphatic carbocycles. The van der Waals surface area contributed by atoms with Crippen LogP contribution < -0.4 is 13.9 Å². The molecule has 7 nitrogen and oxygen atoms in total. The molecule has 0 spiro atoms. The molecule has 0 saturated carbocycles. The Kier molecular flexibility index (Phi) is 3.85. The lowest BCUT2D eigenvalue weighted by molar-refractivity contribution is -0.159. The molecule has 1 aliphatic heterocycles. The number of benzene rings is 1. The first-order chi connectivity index (χ1) is 10.0. The van der Waals surface area contributed by atoms with Crippen LogP contribution in [0.5, 0.6) is 0 Å². The lowest BCUT2D eigenvalue weighted by Crippen LogP contribution is -2.32. The van der Waals surface area contributed by atoms with Crippen molar-refractivity contribution in [1.82, 2.24) is 0 Å². The molecule has 22 heavy (non-hydrogen) atoms. The zero-order valence-electron chi connectivity index (χ0n) is 11.5. The number of nitrogens with zero attached hydrogens (tertiary/aromatic N) is 2. The number of ether oxygens (including phenoxy) is 1. The normalized spacial score (nSPS) is 16.4. The lowest BCUT2D eigenvalue weighted by Gasteiger charge is -2.13. The van der Waals surface area contributed by atoms with Crippen LogP contribution in [0.1, 0.15) is 0 Å². The minimum Gasteiger partial charge on any atom is -0.440 e. The molecule has 0 aromatic heterocycles. The van der Waals surface area contributed by atoms with Gasteiger partial charge in [0, 0.05) is 19.8 Å². The van der Waals surface area contributed by atoms with Gasteiger partial charge in [-0.1, -0.05) is 0 Å². The van der Waals surface area contributed by atoms with E-state index in [1.807, 2.05) is 0 Å². The van der Waals surface area contributed by atoms with Crippen molar-refractivity contribution in [3.05, 3.63) is 18.2 Å². The largest absolute Gasteiger partial charge is 0.440 e. The van der Waals surface area contributed by atoms with E-state index < -0.39 is 29.1 Å². The average Bonchev–Trinajstić information content (AvgIpc) is 2.57. The van der Waals surface area contributed by atoms with Gasteiger partial charge in [-0.05, 0) is 18.2 Å². The van der Waals surface area contributed by atoms with Gasteiger partial charge in [0.1, 0.15) is 0 Å². The number of anilines is 3. The molecule has 1 heterocycles. The molecule has 1 N–H and O–H groups in total. The Morgan fingerprint density at radius 1 is 1.23 bits per heavy atom. The van der Waals surface area contributed by atoms with Gasteiger partial charge in [-0.15, -0.1) is 0 Å². The Hall–Kier alpha value is -2.17. The van der Waals surface area contributed by atoms with Crippen molar-refractivity contribution in [3.8, 4) is 0 Å². The molecular weight excluding hydrogens is 327 g/mol. The zero-order valence-corrected chi connectivity index (χ0v) is 12.3. The highest BCUT2D eigenvalue weighted by molar-refractivity contribution is 7.94. The third kappa shape index (κ3) is 3.03. The highest BCUT2D eigenvalue weighted by Crippen LogP contribution is 2.40. The van der Waals surface area contributed by atoms with Gasteiger partial charge in [0.15, 0.2) is 6.61 Å². The van der Waals surface area contributed by atoms with Crippen LogP contribution in [0.25, 0.3) is 0 Å². The van der Waals surface area contributed by atoms with Gasteiger partial charge in [0.25, 0.3) is 0 Å². The third-order valence-corrected chi connectivity index (χ3v) is 4.74. The standard InChI is InChI=1S/C11H12F3N3O4S/c1-16-8-4-3-7(5-9(8)17(2)22(16,19)20)15-10(18)21-6-11(12,13)14/h3-5H,6H2,1-2H3,(H,15,18). The molecule has 11 heteroatoms. The van der Waals surface area contributed by atoms with E-state index in [0.29, 0.717) is 5.69 Å². The summed E-state index contributed by atoms with van der Waals surface area (Å²) in [6, 6.07) is 4.11. The summed E-state index contributed by atoms with van der Waals surface area (Å²) >= 11 is 0. The van der Waals surface area contributed by atoms with Gasteiger partial charge in [0.05, 0.1) is 11.4 Å². The molecular formula is C11H12F3N3O4S. The van der Waals surface area contributed by atoms with E-state index in [0.717, 1.165) is 8.61 Å².